The number of nitrogens with one attached hydrogen (secondary N) is 1. The Labute approximate surface area is 284 Å². The van der Waals surface area contributed by atoms with Crippen LogP contribution in [0.25, 0.3) is 10.2 Å². The second-order valence-corrected chi connectivity index (χ2v) is 17.2. The normalized spacial score (nSPS) is 18.3. The minimum atomic E-state index is -3.41. The molecule has 8 nitrogen and oxygen atoms in total. The fourth-order valence-corrected chi connectivity index (χ4v) is 8.73. The Kier molecular flexibility index (Phi) is 10.9. The Balaban J connectivity index is 0.00000433. The summed E-state index contributed by atoms with van der Waals surface area (Å²) in [6.07, 6.45) is 9.55. The molecule has 2 aliphatic rings. The average Bonchev–Trinajstić information content (AvgIpc) is 3.44. The van der Waals surface area contributed by atoms with E-state index in [9.17, 15) is 13.2 Å². The maximum Gasteiger partial charge on any atom is 0.229 e. The summed E-state index contributed by atoms with van der Waals surface area (Å²) in [4.78, 5) is 27.7. The van der Waals surface area contributed by atoms with Crippen LogP contribution in [0.15, 0.2) is 60.8 Å². The van der Waals surface area contributed by atoms with E-state index in [4.69, 9.17) is 4.98 Å². The summed E-state index contributed by atoms with van der Waals surface area (Å²) in [6, 6.07) is 18.0. The highest BCUT2D eigenvalue weighted by atomic mass is 32.2. The standard InChI is InChI=1S/C37H46N4O3S2.H3N/c1-37(2,3)30-11-12-33-28(21-30)20-29-24-35(45-36(29)39-33)34(42)23-27(26-8-7-9-31(22-26)40-46(4,43)44)15-19-41-17-13-25(14-18-41)32-10-5-6-16-38-32;/h5-10,16,20,22,24-25,27,30,40H,11-15,17-19,21,23H2,1-4H3;1H3/p+1/t27-,30-;/m0./s1. The maximum atomic E-state index is 13.9. The number of thiophene rings is 1. The van der Waals surface area contributed by atoms with Crippen molar-refractivity contribution in [3.8, 4) is 0 Å². The van der Waals surface area contributed by atoms with Gasteiger partial charge in [0, 0.05) is 41.0 Å². The number of carbonyl (C=O) groups is 1. The van der Waals surface area contributed by atoms with Gasteiger partial charge in [0.2, 0.25) is 10.0 Å². The molecule has 4 heterocycles. The Hall–Kier alpha value is -3.18. The molecule has 0 spiro atoms. The predicted molar refractivity (Wildman–Crippen MR) is 194 cm³/mol. The van der Waals surface area contributed by atoms with E-state index in [2.05, 4.69) is 53.6 Å². The number of anilines is 1. The fraction of sp³-hybridized carbons (Fsp3) is 0.486. The van der Waals surface area contributed by atoms with Gasteiger partial charge >= 0.3 is 0 Å². The summed E-state index contributed by atoms with van der Waals surface area (Å²) in [7, 11) is -3.41. The number of rotatable bonds is 10. The monoisotopic (exact) mass is 676 g/mol. The van der Waals surface area contributed by atoms with Gasteiger partial charge in [-0.05, 0) is 123 Å². The molecule has 10 heteroatoms. The minimum absolute atomic E-state index is 0. The molecule has 0 saturated carbocycles. The number of hydrogen-bond acceptors (Lipinski definition) is 7. The molecule has 0 radical (unpaired) electrons. The first-order chi connectivity index (χ1) is 21.9. The fourth-order valence-electron chi connectivity index (χ4n) is 7.19. The molecule has 1 fully saturated rings. The molecular weight excluding hydrogens is 627 g/mol. The number of likely N-dealkylation sites (tertiary alicyclic amines) is 1. The SMILES string of the molecule is CC(C)(C)[C@H]1CCc2nc3sc(C(=O)C[C@H](CCN4CCC(c5ccccn5)CC4)c4cccc(NS(C)(=O)=O)c4)cc3cc2C1.[NH4+]. The van der Waals surface area contributed by atoms with Crippen LogP contribution < -0.4 is 10.9 Å². The van der Waals surface area contributed by atoms with Crippen molar-refractivity contribution in [3.05, 3.63) is 88.2 Å². The number of Topliss-reactive ketones (excluding diaryl/α,β-unsaturated/α-hetero) is 1. The molecule has 2 atom stereocenters. The van der Waals surface area contributed by atoms with Gasteiger partial charge in [0.25, 0.3) is 0 Å². The average molecular weight is 677 g/mol. The van der Waals surface area contributed by atoms with E-state index in [-0.39, 0.29) is 23.3 Å². The maximum absolute atomic E-state index is 13.9. The van der Waals surface area contributed by atoms with Crippen LogP contribution in [-0.4, -0.2) is 55.0 Å². The lowest BCUT2D eigenvalue weighted by Gasteiger charge is -2.34. The topological polar surface area (TPSA) is 129 Å². The van der Waals surface area contributed by atoms with Gasteiger partial charge in [-0.1, -0.05) is 39.0 Å². The van der Waals surface area contributed by atoms with E-state index in [1.807, 2.05) is 36.5 Å². The molecule has 6 rings (SSSR count). The first kappa shape index (κ1) is 35.1. The molecule has 0 amide bonds. The summed E-state index contributed by atoms with van der Waals surface area (Å²) in [6.45, 7) is 9.85. The molecule has 3 aromatic heterocycles. The van der Waals surface area contributed by atoms with Crippen molar-refractivity contribution in [3.63, 3.8) is 0 Å². The Bertz CT molecular complexity index is 1790. The number of quaternary nitrogens is 1. The predicted octanol–water partition coefficient (Wildman–Crippen LogP) is 8.22. The van der Waals surface area contributed by atoms with Crippen molar-refractivity contribution in [2.75, 3.05) is 30.6 Å². The van der Waals surface area contributed by atoms with Gasteiger partial charge in [0.05, 0.1) is 11.1 Å². The van der Waals surface area contributed by atoms with E-state index in [0.717, 1.165) is 85.1 Å². The molecule has 5 N–H and O–H groups in total. The van der Waals surface area contributed by atoms with E-state index in [0.29, 0.717) is 23.9 Å². The van der Waals surface area contributed by atoms with Crippen molar-refractivity contribution in [2.24, 2.45) is 11.3 Å². The number of ketones is 1. The second kappa shape index (κ2) is 14.5. The minimum Gasteiger partial charge on any atom is -0.369 e. The second-order valence-electron chi connectivity index (χ2n) is 14.4. The van der Waals surface area contributed by atoms with E-state index < -0.39 is 10.0 Å². The largest absolute Gasteiger partial charge is 0.369 e. The van der Waals surface area contributed by atoms with Crippen LogP contribution in [0.3, 0.4) is 0 Å². The van der Waals surface area contributed by atoms with E-state index >= 15 is 0 Å². The molecule has 1 aliphatic carbocycles. The van der Waals surface area contributed by atoms with Crippen LogP contribution in [0.5, 0.6) is 0 Å². The number of aromatic nitrogens is 2. The zero-order chi connectivity index (χ0) is 32.5. The summed E-state index contributed by atoms with van der Waals surface area (Å²) < 4.78 is 26.6. The zero-order valence-electron chi connectivity index (χ0n) is 28.5. The number of aryl methyl sites for hydroxylation is 1. The molecular formula is C37H50N5O3S2+. The van der Waals surface area contributed by atoms with Gasteiger partial charge in [0.15, 0.2) is 5.78 Å². The van der Waals surface area contributed by atoms with Crippen LogP contribution in [0.1, 0.15) is 96.9 Å². The summed E-state index contributed by atoms with van der Waals surface area (Å²) in [5.74, 6) is 1.20. The number of hydrogen-bond donors (Lipinski definition) is 2. The van der Waals surface area contributed by atoms with Crippen molar-refractivity contribution in [2.45, 2.75) is 77.6 Å². The van der Waals surface area contributed by atoms with Crippen LogP contribution in [0, 0.1) is 11.3 Å². The number of carbonyl (C=O) groups excluding carboxylic acids is 1. The van der Waals surface area contributed by atoms with Gasteiger partial charge in [-0.25, -0.2) is 13.4 Å². The highest BCUT2D eigenvalue weighted by molar-refractivity contribution is 7.92. The molecule has 0 bridgehead atoms. The number of sulfonamides is 1. The van der Waals surface area contributed by atoms with Crippen LogP contribution >= 0.6 is 11.3 Å². The summed E-state index contributed by atoms with van der Waals surface area (Å²) in [5, 5.41) is 1.06. The highest BCUT2D eigenvalue weighted by Crippen LogP contribution is 2.39. The third-order valence-electron chi connectivity index (χ3n) is 9.95. The van der Waals surface area contributed by atoms with Gasteiger partial charge < -0.3 is 11.1 Å². The molecule has 0 unspecified atom stereocenters. The number of nitrogens with zero attached hydrogens (tertiary/aromatic N) is 3. The molecule has 4 aromatic rings. The lowest BCUT2D eigenvalue weighted by molar-refractivity contribution is 0.0973. The van der Waals surface area contributed by atoms with Gasteiger partial charge in [-0.2, -0.15) is 0 Å². The van der Waals surface area contributed by atoms with Gasteiger partial charge in [-0.15, -0.1) is 11.3 Å². The Morgan fingerprint density at radius 2 is 1.85 bits per heavy atom. The Morgan fingerprint density at radius 3 is 2.55 bits per heavy atom. The lowest BCUT2D eigenvalue weighted by Crippen LogP contribution is -2.34. The van der Waals surface area contributed by atoms with E-state index in [1.54, 1.807) is 6.07 Å². The first-order valence-corrected chi connectivity index (χ1v) is 19.3. The molecule has 47 heavy (non-hydrogen) atoms. The summed E-state index contributed by atoms with van der Waals surface area (Å²) >= 11 is 1.51. The van der Waals surface area contributed by atoms with Crippen molar-refractivity contribution >= 4 is 43.0 Å². The number of piperidine rings is 1. The van der Waals surface area contributed by atoms with Crippen molar-refractivity contribution < 1.29 is 13.2 Å². The lowest BCUT2D eigenvalue weighted by atomic mass is 9.71. The molecule has 1 aliphatic heterocycles. The molecule has 1 saturated heterocycles. The summed E-state index contributed by atoms with van der Waals surface area (Å²) in [5.41, 5.74) is 5.46. The number of fused-ring (bicyclic) bond motifs is 2. The van der Waals surface area contributed by atoms with E-state index in [1.165, 1.54) is 28.3 Å². The zero-order valence-corrected chi connectivity index (χ0v) is 30.1. The molecule has 1 aromatic carbocycles. The van der Waals surface area contributed by atoms with Gasteiger partial charge in [-0.3, -0.25) is 14.5 Å². The number of pyridine rings is 2. The quantitative estimate of drug-likeness (QED) is 0.163. The van der Waals surface area contributed by atoms with Crippen molar-refractivity contribution in [1.29, 1.82) is 0 Å². The molecule has 252 valence electrons. The first-order valence-electron chi connectivity index (χ1n) is 16.6. The number of benzene rings is 1. The third-order valence-corrected chi connectivity index (χ3v) is 11.6. The van der Waals surface area contributed by atoms with Crippen LogP contribution in [-0.2, 0) is 22.9 Å². The highest BCUT2D eigenvalue weighted by Gasteiger charge is 2.30. The smallest absolute Gasteiger partial charge is 0.229 e. The van der Waals surface area contributed by atoms with Crippen LogP contribution in [0.4, 0.5) is 5.69 Å². The van der Waals surface area contributed by atoms with Crippen LogP contribution in [0.2, 0.25) is 0 Å². The Morgan fingerprint density at radius 1 is 1.06 bits per heavy atom. The van der Waals surface area contributed by atoms with Gasteiger partial charge in [0.1, 0.15) is 4.83 Å². The third kappa shape index (κ3) is 8.84. The van der Waals surface area contributed by atoms with Crippen molar-refractivity contribution in [1.82, 2.24) is 21.0 Å².